The summed E-state index contributed by atoms with van der Waals surface area (Å²) >= 11 is 0. The molecule has 166 valence electrons. The molecule has 0 saturated carbocycles. The zero-order valence-corrected chi connectivity index (χ0v) is 19.8. The molecule has 1 N–H and O–H groups in total. The van der Waals surface area contributed by atoms with Gasteiger partial charge in [-0.25, -0.2) is 0 Å². The fourth-order valence-electron chi connectivity index (χ4n) is 4.48. The molecule has 2 aliphatic rings. The molecule has 2 fully saturated rings. The van der Waals surface area contributed by atoms with Gasteiger partial charge in [0.2, 0.25) is 5.91 Å². The molecular weight excluding hydrogens is 409 g/mol. The molecule has 0 bridgehead atoms. The second-order valence-electron chi connectivity index (χ2n) is 8.72. The van der Waals surface area contributed by atoms with Gasteiger partial charge in [-0.05, 0) is 68.4 Å². The highest BCUT2D eigenvalue weighted by Gasteiger charge is 2.46. The van der Waals surface area contributed by atoms with Crippen LogP contribution in [0.15, 0.2) is 24.3 Å². The van der Waals surface area contributed by atoms with Gasteiger partial charge in [-0.1, -0.05) is 26.0 Å². The molecule has 1 amide bonds. The van der Waals surface area contributed by atoms with Gasteiger partial charge in [0.1, 0.15) is 12.4 Å². The van der Waals surface area contributed by atoms with E-state index >= 15 is 0 Å². The number of likely N-dealkylation sites (tertiary alicyclic amines) is 1. The predicted octanol–water partition coefficient (Wildman–Crippen LogP) is 3.56. The molecule has 0 aliphatic carbocycles. The quantitative estimate of drug-likeness (QED) is 0.726. The van der Waals surface area contributed by atoms with E-state index in [0.717, 1.165) is 31.8 Å². The van der Waals surface area contributed by atoms with Gasteiger partial charge in [0.15, 0.2) is 0 Å². The van der Waals surface area contributed by atoms with Gasteiger partial charge in [-0.15, -0.1) is 24.8 Å². The Morgan fingerprint density at radius 2 is 1.86 bits per heavy atom. The van der Waals surface area contributed by atoms with Crippen molar-refractivity contribution < 1.29 is 9.53 Å². The van der Waals surface area contributed by atoms with E-state index in [-0.39, 0.29) is 36.8 Å². The summed E-state index contributed by atoms with van der Waals surface area (Å²) in [6.45, 7) is 8.70. The van der Waals surface area contributed by atoms with E-state index < -0.39 is 0 Å². The number of carbonyl (C=O) groups excluding carboxylic acids is 1. The minimum atomic E-state index is 0. The molecule has 5 nitrogen and oxygen atoms in total. The first-order valence-electron chi connectivity index (χ1n) is 10.3. The molecule has 1 aromatic carbocycles. The Bertz CT molecular complexity index is 633. The number of rotatable bonds is 6. The summed E-state index contributed by atoms with van der Waals surface area (Å²) in [5.41, 5.74) is 1.64. The van der Waals surface area contributed by atoms with Crippen molar-refractivity contribution in [2.45, 2.75) is 45.1 Å². The number of ether oxygens (including phenoxy) is 1. The summed E-state index contributed by atoms with van der Waals surface area (Å²) in [5, 5.41) is 3.44. The van der Waals surface area contributed by atoms with Crippen molar-refractivity contribution in [2.24, 2.45) is 5.41 Å². The van der Waals surface area contributed by atoms with Crippen LogP contribution in [-0.2, 0) is 4.79 Å². The molecule has 1 unspecified atom stereocenters. The van der Waals surface area contributed by atoms with E-state index in [1.54, 1.807) is 0 Å². The molecule has 2 heterocycles. The maximum atomic E-state index is 13.0. The summed E-state index contributed by atoms with van der Waals surface area (Å²) in [7, 11) is 3.99. The number of hydrogen-bond donors (Lipinski definition) is 1. The zero-order valence-electron chi connectivity index (χ0n) is 18.1. The Labute approximate surface area is 188 Å². The topological polar surface area (TPSA) is 44.8 Å². The molecular formula is C22H37Cl2N3O2. The summed E-state index contributed by atoms with van der Waals surface area (Å²) in [6.07, 6.45) is 3.35. The number of nitrogens with one attached hydrogen (secondary N) is 1. The Balaban J connectivity index is 0.00000210. The van der Waals surface area contributed by atoms with Crippen molar-refractivity contribution in [3.63, 3.8) is 0 Å². The number of likely N-dealkylation sites (N-methyl/N-ethyl adjacent to an activating group) is 2. The number of halogens is 2. The first-order chi connectivity index (χ1) is 12.9. The van der Waals surface area contributed by atoms with Crippen molar-refractivity contribution >= 4 is 30.7 Å². The van der Waals surface area contributed by atoms with Gasteiger partial charge in [-0.2, -0.15) is 0 Å². The molecule has 3 rings (SSSR count). The lowest BCUT2D eigenvalue weighted by atomic mass is 9.77. The smallest absolute Gasteiger partial charge is 0.239 e. The van der Waals surface area contributed by atoms with Crippen LogP contribution in [0.1, 0.15) is 44.6 Å². The van der Waals surface area contributed by atoms with Crippen LogP contribution in [0.5, 0.6) is 5.75 Å². The number of piperidine rings is 1. The second kappa shape index (κ2) is 11.4. The van der Waals surface area contributed by atoms with Crippen LogP contribution in [0.3, 0.4) is 0 Å². The van der Waals surface area contributed by atoms with Gasteiger partial charge in [-0.3, -0.25) is 9.69 Å². The molecule has 0 aromatic heterocycles. The third-order valence-electron chi connectivity index (χ3n) is 6.31. The number of benzene rings is 1. The van der Waals surface area contributed by atoms with Crippen LogP contribution in [0.4, 0.5) is 0 Å². The summed E-state index contributed by atoms with van der Waals surface area (Å²) in [5.74, 6) is 1.62. The maximum absolute atomic E-state index is 13.0. The molecule has 1 atom stereocenters. The van der Waals surface area contributed by atoms with Crippen LogP contribution < -0.4 is 10.1 Å². The van der Waals surface area contributed by atoms with Crippen LogP contribution in [-0.4, -0.2) is 68.6 Å². The summed E-state index contributed by atoms with van der Waals surface area (Å²) in [4.78, 5) is 17.1. The van der Waals surface area contributed by atoms with Crippen molar-refractivity contribution in [2.75, 3.05) is 46.9 Å². The standard InChI is InChI=1S/C22H35N3O2.2ClH/c1-17(2)18-5-7-19(8-6-18)27-14-13-24(3)21(26)20-15-22(16-25(20)4)9-11-23-12-10-22;;/h5-8,17,20,23H,9-16H2,1-4H3;2*1H. The van der Waals surface area contributed by atoms with Gasteiger partial charge in [0, 0.05) is 13.6 Å². The molecule has 2 saturated heterocycles. The van der Waals surface area contributed by atoms with Crippen molar-refractivity contribution in [1.82, 2.24) is 15.1 Å². The molecule has 1 spiro atoms. The highest BCUT2D eigenvalue weighted by molar-refractivity contribution is 5.85. The second-order valence-corrected chi connectivity index (χ2v) is 8.72. The van der Waals surface area contributed by atoms with E-state index in [4.69, 9.17) is 4.74 Å². The SMILES string of the molecule is CC(C)c1ccc(OCCN(C)C(=O)C2CC3(CCNCC3)CN2C)cc1.Cl.Cl. The first kappa shape index (κ1) is 26.0. The van der Waals surface area contributed by atoms with Gasteiger partial charge < -0.3 is 15.0 Å². The van der Waals surface area contributed by atoms with E-state index in [2.05, 4.69) is 43.2 Å². The third-order valence-corrected chi connectivity index (χ3v) is 6.31. The van der Waals surface area contributed by atoms with Crippen molar-refractivity contribution in [1.29, 1.82) is 0 Å². The highest BCUT2D eigenvalue weighted by atomic mass is 35.5. The summed E-state index contributed by atoms with van der Waals surface area (Å²) < 4.78 is 5.85. The largest absolute Gasteiger partial charge is 0.492 e. The van der Waals surface area contributed by atoms with Crippen LogP contribution in [0.25, 0.3) is 0 Å². The Morgan fingerprint density at radius 3 is 2.45 bits per heavy atom. The zero-order chi connectivity index (χ0) is 19.4. The molecule has 29 heavy (non-hydrogen) atoms. The van der Waals surface area contributed by atoms with Gasteiger partial charge in [0.05, 0.1) is 12.6 Å². The van der Waals surface area contributed by atoms with E-state index in [1.807, 2.05) is 24.1 Å². The number of nitrogens with zero attached hydrogens (tertiary/aromatic N) is 2. The minimum Gasteiger partial charge on any atom is -0.492 e. The first-order valence-corrected chi connectivity index (χ1v) is 10.3. The van der Waals surface area contributed by atoms with E-state index in [1.165, 1.54) is 18.4 Å². The number of carbonyl (C=O) groups is 1. The Hall–Kier alpha value is -1.01. The fraction of sp³-hybridized carbons (Fsp3) is 0.682. The number of hydrogen-bond acceptors (Lipinski definition) is 4. The van der Waals surface area contributed by atoms with E-state index in [9.17, 15) is 4.79 Å². The maximum Gasteiger partial charge on any atom is 0.239 e. The average molecular weight is 446 g/mol. The summed E-state index contributed by atoms with van der Waals surface area (Å²) in [6, 6.07) is 8.27. The van der Waals surface area contributed by atoms with Crippen molar-refractivity contribution in [3.05, 3.63) is 29.8 Å². The van der Waals surface area contributed by atoms with E-state index in [0.29, 0.717) is 24.5 Å². The van der Waals surface area contributed by atoms with Crippen molar-refractivity contribution in [3.8, 4) is 5.75 Å². The monoisotopic (exact) mass is 445 g/mol. The van der Waals surface area contributed by atoms with Crippen LogP contribution >= 0.6 is 24.8 Å². The van der Waals surface area contributed by atoms with Crippen LogP contribution in [0.2, 0.25) is 0 Å². The third kappa shape index (κ3) is 6.48. The molecule has 2 aliphatic heterocycles. The fourth-order valence-corrected chi connectivity index (χ4v) is 4.48. The Kier molecular flexibility index (Phi) is 10.2. The lowest BCUT2D eigenvalue weighted by Gasteiger charge is -2.33. The predicted molar refractivity (Wildman–Crippen MR) is 124 cm³/mol. The number of amides is 1. The molecule has 0 radical (unpaired) electrons. The lowest BCUT2D eigenvalue weighted by Crippen LogP contribution is -2.43. The minimum absolute atomic E-state index is 0. The van der Waals surface area contributed by atoms with Gasteiger partial charge in [0.25, 0.3) is 0 Å². The molecule has 1 aromatic rings. The average Bonchev–Trinajstić information content (AvgIpc) is 2.97. The van der Waals surface area contributed by atoms with Gasteiger partial charge >= 0.3 is 0 Å². The van der Waals surface area contributed by atoms with Crippen LogP contribution in [0, 0.1) is 5.41 Å². The normalized spacial score (nSPS) is 20.8. The highest BCUT2D eigenvalue weighted by Crippen LogP contribution is 2.41. The Morgan fingerprint density at radius 1 is 1.24 bits per heavy atom. The molecule has 7 heteroatoms. The lowest BCUT2D eigenvalue weighted by molar-refractivity contribution is -0.134.